The number of aliphatic hydroxyl groups excluding tert-OH is 1. The summed E-state index contributed by atoms with van der Waals surface area (Å²) in [6.45, 7) is 11.9. The van der Waals surface area contributed by atoms with E-state index in [-0.39, 0.29) is 36.9 Å². The smallest absolute Gasteiger partial charge is 0.310 e. The lowest BCUT2D eigenvalue weighted by molar-refractivity contribution is -0.158. The molecule has 1 spiro atoms. The van der Waals surface area contributed by atoms with Crippen LogP contribution in [0.4, 0.5) is 0 Å². The summed E-state index contributed by atoms with van der Waals surface area (Å²) in [5.74, 6) is -3.64. The Labute approximate surface area is 184 Å². The summed E-state index contributed by atoms with van der Waals surface area (Å²) >= 11 is 0. The summed E-state index contributed by atoms with van der Waals surface area (Å²) in [5, 5.41) is 19.4. The van der Waals surface area contributed by atoms with E-state index in [0.717, 1.165) is 12.8 Å². The van der Waals surface area contributed by atoms with Gasteiger partial charge in [-0.2, -0.15) is 0 Å². The van der Waals surface area contributed by atoms with Gasteiger partial charge in [0, 0.05) is 25.7 Å². The van der Waals surface area contributed by atoms with E-state index in [1.807, 2.05) is 13.8 Å². The van der Waals surface area contributed by atoms with Crippen molar-refractivity contribution in [2.75, 3.05) is 19.7 Å². The Bertz CT molecular complexity index is 756. The minimum atomic E-state index is -1.16. The summed E-state index contributed by atoms with van der Waals surface area (Å²) in [6, 6.07) is -0.952. The van der Waals surface area contributed by atoms with Crippen LogP contribution in [-0.4, -0.2) is 80.8 Å². The van der Waals surface area contributed by atoms with E-state index in [4.69, 9.17) is 4.74 Å². The van der Waals surface area contributed by atoms with Gasteiger partial charge in [-0.05, 0) is 39.0 Å². The molecule has 4 unspecified atom stereocenters. The van der Waals surface area contributed by atoms with Gasteiger partial charge < -0.3 is 24.7 Å². The van der Waals surface area contributed by atoms with Gasteiger partial charge in [0.2, 0.25) is 11.8 Å². The fourth-order valence-electron chi connectivity index (χ4n) is 6.23. The monoisotopic (exact) mass is 436 g/mol. The molecule has 0 aromatic heterocycles. The third-order valence-electron chi connectivity index (χ3n) is 7.72. The first-order chi connectivity index (χ1) is 14.6. The van der Waals surface area contributed by atoms with Crippen molar-refractivity contribution in [1.82, 2.24) is 9.80 Å². The number of aliphatic hydroxyl groups is 1. The Balaban J connectivity index is 2.09. The SMILES string of the molecule is C=CCN(C(=O)C1N(CCCO)C(=O)[C@@H]2[C@H](C(=O)O)[C@@]3(C)OC12CC3C)C(C)CCC. The van der Waals surface area contributed by atoms with Gasteiger partial charge in [0.25, 0.3) is 0 Å². The van der Waals surface area contributed by atoms with Crippen LogP contribution in [0.15, 0.2) is 12.7 Å². The Morgan fingerprint density at radius 2 is 2.13 bits per heavy atom. The van der Waals surface area contributed by atoms with Gasteiger partial charge in [-0.1, -0.05) is 26.3 Å². The molecule has 0 aromatic carbocycles. The molecule has 3 rings (SSSR count). The average molecular weight is 437 g/mol. The highest BCUT2D eigenvalue weighted by Gasteiger charge is 2.80. The van der Waals surface area contributed by atoms with Gasteiger partial charge in [-0.3, -0.25) is 14.4 Å². The van der Waals surface area contributed by atoms with Gasteiger partial charge >= 0.3 is 5.97 Å². The molecule has 174 valence electrons. The highest BCUT2D eigenvalue weighted by atomic mass is 16.5. The number of fused-ring (bicyclic) bond motifs is 1. The largest absolute Gasteiger partial charge is 0.481 e. The van der Waals surface area contributed by atoms with E-state index < -0.39 is 35.0 Å². The number of aliphatic carboxylic acids is 1. The summed E-state index contributed by atoms with van der Waals surface area (Å²) in [7, 11) is 0. The molecule has 3 fully saturated rings. The Hall–Kier alpha value is -1.93. The van der Waals surface area contributed by atoms with Gasteiger partial charge in [-0.25, -0.2) is 0 Å². The third kappa shape index (κ3) is 3.39. The molecular weight excluding hydrogens is 400 g/mol. The number of carbonyl (C=O) groups excluding carboxylic acids is 2. The maximum absolute atomic E-state index is 14.0. The van der Waals surface area contributed by atoms with Crippen LogP contribution in [0.3, 0.4) is 0 Å². The molecule has 8 nitrogen and oxygen atoms in total. The highest BCUT2D eigenvalue weighted by Crippen LogP contribution is 2.65. The number of nitrogens with zero attached hydrogens (tertiary/aromatic N) is 2. The van der Waals surface area contributed by atoms with Crippen LogP contribution in [0, 0.1) is 17.8 Å². The highest BCUT2D eigenvalue weighted by molar-refractivity contribution is 5.98. The first-order valence-electron chi connectivity index (χ1n) is 11.4. The van der Waals surface area contributed by atoms with Crippen LogP contribution in [0.2, 0.25) is 0 Å². The standard InChI is InChI=1S/C23H36N2O6/c1-6-9-15(4)24(10-7-2)20(28)18-23-13-14(3)22(5,31-23)17(21(29)30)16(23)19(27)25(18)11-8-12-26/h7,14-18,26H,2,6,8-13H2,1,3-5H3,(H,29,30)/t14?,15?,16-,17+,18?,22-,23?/m0/s1. The van der Waals surface area contributed by atoms with Crippen LogP contribution in [0.1, 0.15) is 53.4 Å². The van der Waals surface area contributed by atoms with Crippen molar-refractivity contribution in [3.63, 3.8) is 0 Å². The molecule has 3 aliphatic heterocycles. The lowest BCUT2D eigenvalue weighted by Crippen LogP contribution is -2.58. The lowest BCUT2D eigenvalue weighted by atomic mass is 9.62. The zero-order valence-electron chi connectivity index (χ0n) is 19.0. The number of ether oxygens (including phenoxy) is 1. The number of rotatable bonds is 10. The van der Waals surface area contributed by atoms with Crippen molar-refractivity contribution in [2.45, 2.75) is 76.7 Å². The first kappa shape index (κ1) is 23.7. The zero-order valence-corrected chi connectivity index (χ0v) is 19.0. The van der Waals surface area contributed by atoms with Gasteiger partial charge in [0.1, 0.15) is 17.6 Å². The third-order valence-corrected chi connectivity index (χ3v) is 7.72. The van der Waals surface area contributed by atoms with Crippen molar-refractivity contribution in [3.8, 4) is 0 Å². The predicted molar refractivity (Wildman–Crippen MR) is 114 cm³/mol. The quantitative estimate of drug-likeness (QED) is 0.505. The van der Waals surface area contributed by atoms with E-state index in [2.05, 4.69) is 13.5 Å². The lowest BCUT2D eigenvalue weighted by Gasteiger charge is -2.39. The maximum Gasteiger partial charge on any atom is 0.310 e. The van der Waals surface area contributed by atoms with Crippen molar-refractivity contribution in [2.24, 2.45) is 17.8 Å². The van der Waals surface area contributed by atoms with Crippen LogP contribution in [0.25, 0.3) is 0 Å². The molecule has 0 radical (unpaired) electrons. The molecule has 3 saturated heterocycles. The molecule has 0 aliphatic carbocycles. The second kappa shape index (κ2) is 8.54. The van der Waals surface area contributed by atoms with Crippen molar-refractivity contribution in [1.29, 1.82) is 0 Å². The molecule has 3 heterocycles. The average Bonchev–Trinajstić information content (AvgIpc) is 3.21. The van der Waals surface area contributed by atoms with Gasteiger partial charge in [0.05, 0.1) is 11.5 Å². The number of amides is 2. The number of carboxylic acid groups (broad SMARTS) is 1. The van der Waals surface area contributed by atoms with Crippen LogP contribution in [0.5, 0.6) is 0 Å². The fourth-order valence-corrected chi connectivity index (χ4v) is 6.23. The van der Waals surface area contributed by atoms with E-state index >= 15 is 0 Å². The van der Waals surface area contributed by atoms with Gasteiger partial charge in [-0.15, -0.1) is 6.58 Å². The second-order valence-corrected chi connectivity index (χ2v) is 9.57. The normalized spacial score (nSPS) is 37.1. The Kier molecular flexibility index (Phi) is 6.54. The molecule has 3 aliphatic rings. The van der Waals surface area contributed by atoms with E-state index in [0.29, 0.717) is 19.4 Å². The second-order valence-electron chi connectivity index (χ2n) is 9.57. The summed E-state index contributed by atoms with van der Waals surface area (Å²) in [5.41, 5.74) is -2.15. The minimum Gasteiger partial charge on any atom is -0.481 e. The molecule has 8 heteroatoms. The number of hydrogen-bond acceptors (Lipinski definition) is 5. The zero-order chi connectivity index (χ0) is 23.1. The summed E-state index contributed by atoms with van der Waals surface area (Å²) in [6.07, 6.45) is 4.15. The summed E-state index contributed by atoms with van der Waals surface area (Å²) < 4.78 is 6.46. The first-order valence-corrected chi connectivity index (χ1v) is 11.4. The fraction of sp³-hybridized carbons (Fsp3) is 0.783. The molecule has 7 atom stereocenters. The van der Waals surface area contributed by atoms with Crippen LogP contribution < -0.4 is 0 Å². The maximum atomic E-state index is 14.0. The van der Waals surface area contributed by atoms with Crippen molar-refractivity contribution < 1.29 is 29.3 Å². The van der Waals surface area contributed by atoms with Crippen LogP contribution in [-0.2, 0) is 19.1 Å². The number of hydrogen-bond donors (Lipinski definition) is 2. The van der Waals surface area contributed by atoms with E-state index in [1.54, 1.807) is 17.9 Å². The number of carboxylic acids is 1. The van der Waals surface area contributed by atoms with Crippen molar-refractivity contribution in [3.05, 3.63) is 12.7 Å². The minimum absolute atomic E-state index is 0.0531. The molecule has 2 N–H and O–H groups in total. The topological polar surface area (TPSA) is 107 Å². The Morgan fingerprint density at radius 3 is 2.68 bits per heavy atom. The molecular formula is C23H36N2O6. The predicted octanol–water partition coefficient (Wildman–Crippen LogP) is 1.67. The number of likely N-dealkylation sites (tertiary alicyclic amines) is 1. The Morgan fingerprint density at radius 1 is 1.45 bits per heavy atom. The molecule has 0 saturated carbocycles. The summed E-state index contributed by atoms with van der Waals surface area (Å²) in [4.78, 5) is 43.0. The van der Waals surface area contributed by atoms with E-state index in [1.165, 1.54) is 4.90 Å². The molecule has 31 heavy (non-hydrogen) atoms. The van der Waals surface area contributed by atoms with E-state index in [9.17, 15) is 24.6 Å². The van der Waals surface area contributed by atoms with Gasteiger partial charge in [0.15, 0.2) is 0 Å². The molecule has 0 aromatic rings. The molecule has 2 amide bonds. The van der Waals surface area contributed by atoms with Crippen LogP contribution >= 0.6 is 0 Å². The van der Waals surface area contributed by atoms with Crippen molar-refractivity contribution >= 4 is 17.8 Å². The number of carbonyl (C=O) groups is 3. The molecule has 2 bridgehead atoms.